The molecule has 0 saturated heterocycles. The van der Waals surface area contributed by atoms with Gasteiger partial charge >= 0.3 is 0 Å². The molecule has 3 nitrogen and oxygen atoms in total. The molecule has 0 aliphatic rings. The Bertz CT molecular complexity index is 673. The van der Waals surface area contributed by atoms with Crippen molar-refractivity contribution in [3.05, 3.63) is 52.6 Å². The molecule has 5 heteroatoms. The van der Waals surface area contributed by atoms with Crippen LogP contribution in [0, 0.1) is 6.92 Å². The number of thiophene rings is 1. The van der Waals surface area contributed by atoms with E-state index in [1.807, 2.05) is 47.3 Å². The first kappa shape index (κ1) is 11.4. The van der Waals surface area contributed by atoms with Gasteiger partial charge in [-0.3, -0.25) is 0 Å². The summed E-state index contributed by atoms with van der Waals surface area (Å²) in [6.45, 7) is 1.98. The summed E-state index contributed by atoms with van der Waals surface area (Å²) in [5.41, 5.74) is 1.96. The van der Waals surface area contributed by atoms with Gasteiger partial charge in [0.25, 0.3) is 0 Å². The van der Waals surface area contributed by atoms with Crippen LogP contribution in [-0.4, -0.2) is 14.8 Å². The fourth-order valence-corrected chi connectivity index (χ4v) is 2.69. The molecule has 0 aliphatic heterocycles. The summed E-state index contributed by atoms with van der Waals surface area (Å²) in [6, 6.07) is 9.83. The zero-order chi connectivity index (χ0) is 12.5. The molecular formula is C13H10ClN3S. The smallest absolute Gasteiger partial charge is 0.173 e. The second-order valence-electron chi connectivity index (χ2n) is 3.86. The first-order valence-electron chi connectivity index (χ1n) is 5.47. The van der Waals surface area contributed by atoms with Crippen LogP contribution in [0.2, 0.25) is 5.02 Å². The largest absolute Gasteiger partial charge is 0.214 e. The highest BCUT2D eigenvalue weighted by atomic mass is 35.5. The van der Waals surface area contributed by atoms with Crippen molar-refractivity contribution < 1.29 is 0 Å². The molecule has 2 heterocycles. The van der Waals surface area contributed by atoms with Crippen LogP contribution in [-0.2, 0) is 0 Å². The maximum Gasteiger partial charge on any atom is 0.173 e. The molecule has 3 rings (SSSR count). The summed E-state index contributed by atoms with van der Waals surface area (Å²) in [6.07, 6.45) is 1.56. The van der Waals surface area contributed by atoms with Crippen LogP contribution in [0.3, 0.4) is 0 Å². The van der Waals surface area contributed by atoms with Crippen LogP contribution >= 0.6 is 22.9 Å². The van der Waals surface area contributed by atoms with E-state index < -0.39 is 0 Å². The lowest BCUT2D eigenvalue weighted by molar-refractivity contribution is 0.881. The average molecular weight is 276 g/mol. The number of hydrogen-bond acceptors (Lipinski definition) is 3. The van der Waals surface area contributed by atoms with Gasteiger partial charge in [0, 0.05) is 5.02 Å². The summed E-state index contributed by atoms with van der Waals surface area (Å²) in [7, 11) is 0. The van der Waals surface area contributed by atoms with E-state index in [4.69, 9.17) is 11.6 Å². The molecule has 18 heavy (non-hydrogen) atoms. The first-order chi connectivity index (χ1) is 8.77. The van der Waals surface area contributed by atoms with Gasteiger partial charge in [0.1, 0.15) is 6.33 Å². The number of hydrogen-bond donors (Lipinski definition) is 0. The second kappa shape index (κ2) is 4.55. The topological polar surface area (TPSA) is 30.7 Å². The summed E-state index contributed by atoms with van der Waals surface area (Å²) < 4.78 is 1.83. The Morgan fingerprint density at radius 2 is 2.11 bits per heavy atom. The van der Waals surface area contributed by atoms with E-state index in [-0.39, 0.29) is 0 Å². The third kappa shape index (κ3) is 1.83. The molecule has 0 bridgehead atoms. The maximum atomic E-state index is 6.15. The summed E-state index contributed by atoms with van der Waals surface area (Å²) in [5.74, 6) is 0.843. The van der Waals surface area contributed by atoms with Crippen molar-refractivity contribution in [2.45, 2.75) is 6.92 Å². The van der Waals surface area contributed by atoms with Crippen molar-refractivity contribution in [1.82, 2.24) is 14.8 Å². The maximum absolute atomic E-state index is 6.15. The van der Waals surface area contributed by atoms with Crippen molar-refractivity contribution in [1.29, 1.82) is 0 Å². The number of rotatable bonds is 2. The zero-order valence-electron chi connectivity index (χ0n) is 9.67. The van der Waals surface area contributed by atoms with Gasteiger partial charge in [0.2, 0.25) is 0 Å². The minimum atomic E-state index is 0.736. The molecule has 0 fully saturated rings. The monoisotopic (exact) mass is 275 g/mol. The van der Waals surface area contributed by atoms with Crippen LogP contribution in [0.4, 0.5) is 0 Å². The van der Waals surface area contributed by atoms with E-state index in [1.54, 1.807) is 17.7 Å². The van der Waals surface area contributed by atoms with Gasteiger partial charge in [0.15, 0.2) is 5.82 Å². The molecule has 0 radical (unpaired) electrons. The average Bonchev–Trinajstić information content (AvgIpc) is 3.01. The summed E-state index contributed by atoms with van der Waals surface area (Å²) >= 11 is 7.79. The lowest BCUT2D eigenvalue weighted by atomic mass is 10.2. The molecular weight excluding hydrogens is 266 g/mol. The minimum Gasteiger partial charge on any atom is -0.214 e. The quantitative estimate of drug-likeness (QED) is 0.709. The molecule has 0 amide bonds. The van der Waals surface area contributed by atoms with Gasteiger partial charge in [-0.1, -0.05) is 23.7 Å². The highest BCUT2D eigenvalue weighted by Gasteiger charge is 2.12. The van der Waals surface area contributed by atoms with Crippen LogP contribution in [0.5, 0.6) is 0 Å². The molecule has 1 aromatic carbocycles. The fraction of sp³-hybridized carbons (Fsp3) is 0.0769. The van der Waals surface area contributed by atoms with Crippen molar-refractivity contribution in [2.75, 3.05) is 0 Å². The van der Waals surface area contributed by atoms with E-state index in [2.05, 4.69) is 10.1 Å². The van der Waals surface area contributed by atoms with E-state index in [0.717, 1.165) is 27.0 Å². The van der Waals surface area contributed by atoms with Crippen LogP contribution in [0.25, 0.3) is 16.4 Å². The third-order valence-corrected chi connectivity index (χ3v) is 4.03. The van der Waals surface area contributed by atoms with Crippen molar-refractivity contribution in [3.8, 4) is 16.4 Å². The number of benzene rings is 1. The first-order valence-corrected chi connectivity index (χ1v) is 6.72. The second-order valence-corrected chi connectivity index (χ2v) is 5.21. The van der Waals surface area contributed by atoms with E-state index in [9.17, 15) is 0 Å². The van der Waals surface area contributed by atoms with E-state index in [0.29, 0.717) is 0 Å². The lowest BCUT2D eigenvalue weighted by Crippen LogP contribution is -2.01. The Hall–Kier alpha value is -1.65. The van der Waals surface area contributed by atoms with Gasteiger partial charge in [-0.2, -0.15) is 5.10 Å². The van der Waals surface area contributed by atoms with Gasteiger partial charge in [0.05, 0.1) is 10.6 Å². The Morgan fingerprint density at radius 1 is 1.22 bits per heavy atom. The fourth-order valence-electron chi connectivity index (χ4n) is 1.82. The molecule has 2 aromatic heterocycles. The molecule has 0 atom stereocenters. The van der Waals surface area contributed by atoms with Gasteiger partial charge < -0.3 is 0 Å². The number of aromatic nitrogens is 3. The van der Waals surface area contributed by atoms with Crippen molar-refractivity contribution in [2.24, 2.45) is 0 Å². The van der Waals surface area contributed by atoms with Crippen LogP contribution in [0.1, 0.15) is 5.56 Å². The third-order valence-electron chi connectivity index (χ3n) is 2.76. The molecule has 0 aliphatic carbocycles. The summed E-state index contributed by atoms with van der Waals surface area (Å²) in [4.78, 5) is 5.41. The van der Waals surface area contributed by atoms with Gasteiger partial charge in [-0.05, 0) is 36.1 Å². The molecule has 3 aromatic rings. The van der Waals surface area contributed by atoms with E-state index in [1.165, 1.54) is 0 Å². The van der Waals surface area contributed by atoms with Gasteiger partial charge in [-0.15, -0.1) is 11.3 Å². The molecule has 0 unspecified atom stereocenters. The Morgan fingerprint density at radius 3 is 2.89 bits per heavy atom. The standard InChI is InChI=1S/C13H10ClN3S/c1-9-10(14)4-2-5-11(9)17-13(15-8-16-17)12-6-3-7-18-12/h2-8H,1H3. The zero-order valence-corrected chi connectivity index (χ0v) is 11.2. The normalized spacial score (nSPS) is 10.8. The predicted molar refractivity (Wildman–Crippen MR) is 74.4 cm³/mol. The molecule has 0 saturated carbocycles. The van der Waals surface area contributed by atoms with Crippen molar-refractivity contribution in [3.63, 3.8) is 0 Å². The highest BCUT2D eigenvalue weighted by Crippen LogP contribution is 2.27. The number of nitrogens with zero attached hydrogens (tertiary/aromatic N) is 3. The molecule has 0 N–H and O–H groups in total. The SMILES string of the molecule is Cc1c(Cl)cccc1-n1ncnc1-c1cccs1. The van der Waals surface area contributed by atoms with Crippen LogP contribution in [0.15, 0.2) is 42.0 Å². The lowest BCUT2D eigenvalue weighted by Gasteiger charge is -2.09. The number of halogens is 1. The highest BCUT2D eigenvalue weighted by molar-refractivity contribution is 7.13. The Balaban J connectivity index is 2.19. The van der Waals surface area contributed by atoms with Crippen LogP contribution < -0.4 is 0 Å². The Kier molecular flexibility index (Phi) is 2.89. The molecule has 0 spiro atoms. The van der Waals surface area contributed by atoms with Crippen molar-refractivity contribution >= 4 is 22.9 Å². The Labute approximate surface area is 114 Å². The predicted octanol–water partition coefficient (Wildman–Crippen LogP) is 3.96. The molecule has 90 valence electrons. The minimum absolute atomic E-state index is 0.736. The van der Waals surface area contributed by atoms with E-state index >= 15 is 0 Å². The van der Waals surface area contributed by atoms with Gasteiger partial charge in [-0.25, -0.2) is 9.67 Å². The summed E-state index contributed by atoms with van der Waals surface area (Å²) in [5, 5.41) is 7.06.